The summed E-state index contributed by atoms with van der Waals surface area (Å²) in [7, 11) is 1.66. The number of hydrogen-bond donors (Lipinski definition) is 2. The number of rotatable bonds is 4. The molecule has 106 valence electrons. The second kappa shape index (κ2) is 6.22. The Hall–Kier alpha value is -1.62. The molecule has 0 saturated carbocycles. The molecule has 1 unspecified atom stereocenters. The Bertz CT molecular complexity index is 616. The maximum absolute atomic E-state index is 5.96. The van der Waals surface area contributed by atoms with Gasteiger partial charge in [0.05, 0.1) is 13.2 Å². The van der Waals surface area contributed by atoms with Gasteiger partial charge in [-0.3, -0.25) is 5.84 Å². The molecule has 0 amide bonds. The molecule has 0 spiro atoms. The monoisotopic (exact) mass is 291 g/mol. The number of aryl methyl sites for hydroxylation is 2. The lowest BCUT2D eigenvalue weighted by atomic mass is 9.93. The van der Waals surface area contributed by atoms with E-state index >= 15 is 0 Å². The first-order valence-electron chi connectivity index (χ1n) is 6.29. The standard InChI is InChI=1S/C15H18ClN3O/c1-9-6-10(2)14(12(7-9)20-3)15(19-17)11-4-5-18-13(16)8-11/h4-8,15,19H,17H2,1-3H3. The molecule has 0 aliphatic rings. The van der Waals surface area contributed by atoms with Gasteiger partial charge in [0.1, 0.15) is 10.9 Å². The molecule has 3 N–H and O–H groups in total. The number of benzene rings is 1. The minimum Gasteiger partial charge on any atom is -0.496 e. The van der Waals surface area contributed by atoms with Crippen LogP contribution in [0, 0.1) is 13.8 Å². The van der Waals surface area contributed by atoms with E-state index in [1.165, 1.54) is 0 Å². The topological polar surface area (TPSA) is 60.2 Å². The number of pyridine rings is 1. The minimum absolute atomic E-state index is 0.203. The molecule has 20 heavy (non-hydrogen) atoms. The normalized spacial score (nSPS) is 12.2. The number of halogens is 1. The average Bonchev–Trinajstić information content (AvgIpc) is 2.41. The zero-order chi connectivity index (χ0) is 14.7. The Morgan fingerprint density at radius 2 is 2.05 bits per heavy atom. The number of nitrogens with two attached hydrogens (primary N) is 1. The lowest BCUT2D eigenvalue weighted by Crippen LogP contribution is -2.29. The van der Waals surface area contributed by atoms with Crippen molar-refractivity contribution in [2.75, 3.05) is 7.11 Å². The van der Waals surface area contributed by atoms with Crippen LogP contribution in [0.4, 0.5) is 0 Å². The van der Waals surface area contributed by atoms with Gasteiger partial charge in [0.25, 0.3) is 0 Å². The quantitative estimate of drug-likeness (QED) is 0.516. The van der Waals surface area contributed by atoms with Crippen LogP contribution in [0.3, 0.4) is 0 Å². The zero-order valence-electron chi connectivity index (χ0n) is 11.8. The van der Waals surface area contributed by atoms with E-state index < -0.39 is 0 Å². The van der Waals surface area contributed by atoms with Crippen LogP contribution < -0.4 is 16.0 Å². The molecule has 2 rings (SSSR count). The van der Waals surface area contributed by atoms with Gasteiger partial charge in [-0.2, -0.15) is 0 Å². The SMILES string of the molecule is COc1cc(C)cc(C)c1C(NN)c1ccnc(Cl)c1. The van der Waals surface area contributed by atoms with Crippen molar-refractivity contribution in [1.82, 2.24) is 10.4 Å². The van der Waals surface area contributed by atoms with Crippen molar-refractivity contribution in [2.45, 2.75) is 19.9 Å². The van der Waals surface area contributed by atoms with Gasteiger partial charge in [0.15, 0.2) is 0 Å². The Morgan fingerprint density at radius 3 is 2.65 bits per heavy atom. The molecule has 1 aromatic heterocycles. The summed E-state index contributed by atoms with van der Waals surface area (Å²) in [5.41, 5.74) is 7.03. The minimum atomic E-state index is -0.203. The van der Waals surface area contributed by atoms with Crippen LogP contribution in [0.15, 0.2) is 30.5 Å². The van der Waals surface area contributed by atoms with Crippen LogP contribution in [0.2, 0.25) is 5.15 Å². The molecular weight excluding hydrogens is 274 g/mol. The molecule has 0 saturated heterocycles. The number of methoxy groups -OCH3 is 1. The van der Waals surface area contributed by atoms with E-state index in [0.717, 1.165) is 28.0 Å². The van der Waals surface area contributed by atoms with Crippen molar-refractivity contribution in [1.29, 1.82) is 0 Å². The first kappa shape index (κ1) is 14.8. The third-order valence-electron chi connectivity index (χ3n) is 3.25. The van der Waals surface area contributed by atoms with Crippen LogP contribution in [-0.4, -0.2) is 12.1 Å². The molecule has 1 heterocycles. The molecule has 1 aromatic carbocycles. The number of nitrogens with one attached hydrogen (secondary N) is 1. The number of hydrazine groups is 1. The summed E-state index contributed by atoms with van der Waals surface area (Å²) in [5, 5.41) is 0.437. The number of nitrogens with zero attached hydrogens (tertiary/aromatic N) is 1. The van der Waals surface area contributed by atoms with Crippen LogP contribution in [0.1, 0.15) is 28.3 Å². The number of ether oxygens (including phenoxy) is 1. The average molecular weight is 292 g/mol. The highest BCUT2D eigenvalue weighted by Crippen LogP contribution is 2.33. The molecule has 0 fully saturated rings. The van der Waals surface area contributed by atoms with Gasteiger partial charge >= 0.3 is 0 Å². The van der Waals surface area contributed by atoms with Crippen molar-refractivity contribution in [3.63, 3.8) is 0 Å². The maximum atomic E-state index is 5.96. The molecule has 0 aliphatic heterocycles. The van der Waals surface area contributed by atoms with Gasteiger partial charge in [-0.25, -0.2) is 10.4 Å². The van der Waals surface area contributed by atoms with Crippen LogP contribution in [0.5, 0.6) is 5.75 Å². The summed E-state index contributed by atoms with van der Waals surface area (Å²) in [6.07, 6.45) is 1.66. The molecule has 1 atom stereocenters. The fourth-order valence-electron chi connectivity index (χ4n) is 2.42. The third kappa shape index (κ3) is 2.93. The fourth-order valence-corrected chi connectivity index (χ4v) is 2.60. The van der Waals surface area contributed by atoms with E-state index in [4.69, 9.17) is 22.2 Å². The maximum Gasteiger partial charge on any atom is 0.129 e. The Morgan fingerprint density at radius 1 is 1.30 bits per heavy atom. The van der Waals surface area contributed by atoms with Gasteiger partial charge in [0, 0.05) is 11.8 Å². The molecule has 0 aliphatic carbocycles. The van der Waals surface area contributed by atoms with E-state index in [-0.39, 0.29) is 6.04 Å². The fraction of sp³-hybridized carbons (Fsp3) is 0.267. The second-order valence-corrected chi connectivity index (χ2v) is 5.10. The van der Waals surface area contributed by atoms with E-state index in [1.54, 1.807) is 19.4 Å². The molecule has 2 aromatic rings. The van der Waals surface area contributed by atoms with Gasteiger partial charge in [-0.15, -0.1) is 0 Å². The smallest absolute Gasteiger partial charge is 0.129 e. The Kier molecular flexibility index (Phi) is 4.60. The summed E-state index contributed by atoms with van der Waals surface area (Å²) in [6.45, 7) is 4.07. The van der Waals surface area contributed by atoms with Crippen molar-refractivity contribution < 1.29 is 4.74 Å². The van der Waals surface area contributed by atoms with Crippen LogP contribution in [-0.2, 0) is 0 Å². The van der Waals surface area contributed by atoms with Gasteiger partial charge in [0.2, 0.25) is 0 Å². The largest absolute Gasteiger partial charge is 0.496 e. The first-order chi connectivity index (χ1) is 9.56. The predicted molar refractivity (Wildman–Crippen MR) is 80.9 cm³/mol. The first-order valence-corrected chi connectivity index (χ1v) is 6.67. The summed E-state index contributed by atoms with van der Waals surface area (Å²) in [4.78, 5) is 3.99. The third-order valence-corrected chi connectivity index (χ3v) is 3.46. The van der Waals surface area contributed by atoms with Crippen molar-refractivity contribution in [2.24, 2.45) is 5.84 Å². The van der Waals surface area contributed by atoms with Crippen molar-refractivity contribution >= 4 is 11.6 Å². The molecule has 0 radical (unpaired) electrons. The second-order valence-electron chi connectivity index (χ2n) is 4.71. The van der Waals surface area contributed by atoms with Crippen LogP contribution in [0.25, 0.3) is 0 Å². The van der Waals surface area contributed by atoms with Crippen molar-refractivity contribution in [3.05, 3.63) is 57.9 Å². The number of aromatic nitrogens is 1. The zero-order valence-corrected chi connectivity index (χ0v) is 12.5. The highest BCUT2D eigenvalue weighted by Gasteiger charge is 2.20. The lowest BCUT2D eigenvalue weighted by molar-refractivity contribution is 0.403. The molecule has 4 nitrogen and oxygen atoms in total. The van der Waals surface area contributed by atoms with E-state index in [9.17, 15) is 0 Å². The van der Waals surface area contributed by atoms with Crippen LogP contribution >= 0.6 is 11.6 Å². The van der Waals surface area contributed by atoms with E-state index in [1.807, 2.05) is 26.0 Å². The molecular formula is C15H18ClN3O. The highest BCUT2D eigenvalue weighted by molar-refractivity contribution is 6.29. The summed E-state index contributed by atoms with van der Waals surface area (Å²) < 4.78 is 5.50. The Labute approximate surface area is 123 Å². The summed E-state index contributed by atoms with van der Waals surface area (Å²) in [5.74, 6) is 6.55. The van der Waals surface area contributed by atoms with Crippen molar-refractivity contribution in [3.8, 4) is 5.75 Å². The van der Waals surface area contributed by atoms with Gasteiger partial charge in [-0.1, -0.05) is 17.7 Å². The van der Waals surface area contributed by atoms with Gasteiger partial charge in [-0.05, 0) is 48.7 Å². The van der Waals surface area contributed by atoms with Gasteiger partial charge < -0.3 is 4.74 Å². The number of hydrogen-bond acceptors (Lipinski definition) is 4. The lowest BCUT2D eigenvalue weighted by Gasteiger charge is -2.22. The summed E-state index contributed by atoms with van der Waals surface area (Å²) in [6, 6.07) is 7.58. The molecule has 5 heteroatoms. The predicted octanol–water partition coefficient (Wildman–Crippen LogP) is 2.91. The molecule has 0 bridgehead atoms. The highest BCUT2D eigenvalue weighted by atomic mass is 35.5. The van der Waals surface area contributed by atoms with E-state index in [0.29, 0.717) is 5.15 Å². The summed E-state index contributed by atoms with van der Waals surface area (Å²) >= 11 is 5.96. The Balaban J connectivity index is 2.57. The van der Waals surface area contributed by atoms with E-state index in [2.05, 4.69) is 16.5 Å².